The summed E-state index contributed by atoms with van der Waals surface area (Å²) in [5.74, 6) is 0.804. The van der Waals surface area contributed by atoms with E-state index in [-0.39, 0.29) is 0 Å². The largest absolute Gasteiger partial charge is 0.259 e. The Bertz CT molecular complexity index is 1000. The Morgan fingerprint density at radius 2 is 2.04 bits per heavy atom. The summed E-state index contributed by atoms with van der Waals surface area (Å²) in [5, 5.41) is 5.30. The third-order valence-electron chi connectivity index (χ3n) is 4.29. The molecular weight excluding hydrogens is 318 g/mol. The Balaban J connectivity index is 1.60. The predicted octanol–water partition coefficient (Wildman–Crippen LogP) is 4.20. The Kier molecular flexibility index (Phi) is 3.76. The van der Waals surface area contributed by atoms with Gasteiger partial charge in [-0.3, -0.25) is 4.98 Å². The summed E-state index contributed by atoms with van der Waals surface area (Å²) in [6, 6.07) is 6.33. The van der Waals surface area contributed by atoms with Crippen LogP contribution in [0.25, 0.3) is 15.9 Å². The van der Waals surface area contributed by atoms with Gasteiger partial charge in [0, 0.05) is 24.5 Å². The second-order valence-electron chi connectivity index (χ2n) is 6.47. The Morgan fingerprint density at radius 3 is 2.88 bits per heavy atom. The van der Waals surface area contributed by atoms with Gasteiger partial charge in [0.05, 0.1) is 15.2 Å². The van der Waals surface area contributed by atoms with Crippen LogP contribution in [0.3, 0.4) is 0 Å². The van der Waals surface area contributed by atoms with E-state index < -0.39 is 0 Å². The molecule has 0 saturated carbocycles. The van der Waals surface area contributed by atoms with Crippen LogP contribution in [0, 0.1) is 0 Å². The van der Waals surface area contributed by atoms with Crippen LogP contribution in [0.1, 0.15) is 48.9 Å². The van der Waals surface area contributed by atoms with E-state index in [1.54, 1.807) is 22.2 Å². The molecule has 0 aliphatic carbocycles. The fourth-order valence-electron chi connectivity index (χ4n) is 2.82. The van der Waals surface area contributed by atoms with Crippen LogP contribution in [-0.2, 0) is 6.42 Å². The molecule has 0 fully saturated rings. The van der Waals surface area contributed by atoms with Crippen LogP contribution in [0.5, 0.6) is 0 Å². The number of hydrogen-bond acceptors (Lipinski definition) is 5. The summed E-state index contributed by atoms with van der Waals surface area (Å²) in [6.07, 6.45) is 6.42. The zero-order valence-electron chi connectivity index (χ0n) is 14.0. The standard InChI is InChI=1S/C18H19N5S/c1-11(2)14-8-15-16(9-19-14)24-18(22-15)6-12(3)13-4-5-23-17(7-13)20-10-21-23/h4-5,7-12H,6H2,1-3H3. The van der Waals surface area contributed by atoms with Crippen molar-refractivity contribution in [1.29, 1.82) is 0 Å². The molecule has 1 atom stereocenters. The average molecular weight is 337 g/mol. The molecule has 0 aliphatic heterocycles. The van der Waals surface area contributed by atoms with Crippen molar-refractivity contribution in [1.82, 2.24) is 24.6 Å². The fourth-order valence-corrected chi connectivity index (χ4v) is 3.86. The molecule has 4 aromatic heterocycles. The molecule has 0 aromatic carbocycles. The van der Waals surface area contributed by atoms with Gasteiger partial charge in [-0.25, -0.2) is 14.5 Å². The maximum atomic E-state index is 4.82. The van der Waals surface area contributed by atoms with Crippen molar-refractivity contribution in [3.63, 3.8) is 0 Å². The van der Waals surface area contributed by atoms with Gasteiger partial charge < -0.3 is 0 Å². The molecule has 0 radical (unpaired) electrons. The summed E-state index contributed by atoms with van der Waals surface area (Å²) in [5.41, 5.74) is 4.31. The highest BCUT2D eigenvalue weighted by molar-refractivity contribution is 7.18. The summed E-state index contributed by atoms with van der Waals surface area (Å²) in [4.78, 5) is 13.6. The van der Waals surface area contributed by atoms with E-state index >= 15 is 0 Å². The summed E-state index contributed by atoms with van der Waals surface area (Å²) in [6.45, 7) is 6.54. The minimum absolute atomic E-state index is 0.379. The molecular formula is C18H19N5S. The molecule has 0 saturated heterocycles. The van der Waals surface area contributed by atoms with Gasteiger partial charge in [-0.15, -0.1) is 11.3 Å². The number of rotatable bonds is 4. The molecule has 122 valence electrons. The molecule has 0 spiro atoms. The normalized spacial score (nSPS) is 13.2. The van der Waals surface area contributed by atoms with Gasteiger partial charge in [0.15, 0.2) is 5.65 Å². The summed E-state index contributed by atoms with van der Waals surface area (Å²) in [7, 11) is 0. The van der Waals surface area contributed by atoms with Crippen molar-refractivity contribution in [2.75, 3.05) is 0 Å². The van der Waals surface area contributed by atoms with Gasteiger partial charge >= 0.3 is 0 Å². The van der Waals surface area contributed by atoms with Gasteiger partial charge in [-0.2, -0.15) is 5.10 Å². The first-order valence-electron chi connectivity index (χ1n) is 8.15. The lowest BCUT2D eigenvalue weighted by atomic mass is 9.99. The minimum Gasteiger partial charge on any atom is -0.259 e. The minimum atomic E-state index is 0.379. The number of aromatic nitrogens is 5. The smallest absolute Gasteiger partial charge is 0.155 e. The van der Waals surface area contributed by atoms with E-state index in [0.717, 1.165) is 33.0 Å². The van der Waals surface area contributed by atoms with E-state index in [4.69, 9.17) is 4.98 Å². The van der Waals surface area contributed by atoms with Crippen LogP contribution >= 0.6 is 11.3 Å². The second-order valence-corrected chi connectivity index (χ2v) is 7.58. The second kappa shape index (κ2) is 5.94. The zero-order chi connectivity index (χ0) is 16.7. The Labute approximate surface area is 144 Å². The van der Waals surface area contributed by atoms with Crippen molar-refractivity contribution in [2.24, 2.45) is 0 Å². The number of pyridine rings is 2. The van der Waals surface area contributed by atoms with Crippen molar-refractivity contribution in [3.8, 4) is 0 Å². The lowest BCUT2D eigenvalue weighted by Crippen LogP contribution is -1.99. The van der Waals surface area contributed by atoms with E-state index in [1.165, 1.54) is 5.56 Å². The first-order chi connectivity index (χ1) is 11.6. The molecule has 4 heterocycles. The molecule has 0 aliphatic rings. The molecule has 0 bridgehead atoms. The molecule has 0 amide bonds. The molecule has 1 unspecified atom stereocenters. The summed E-state index contributed by atoms with van der Waals surface area (Å²) < 4.78 is 2.95. The van der Waals surface area contributed by atoms with Crippen molar-refractivity contribution in [3.05, 3.63) is 53.2 Å². The highest BCUT2D eigenvalue weighted by Gasteiger charge is 2.13. The molecule has 6 heteroatoms. The molecule has 0 N–H and O–H groups in total. The molecule has 4 rings (SSSR count). The first kappa shape index (κ1) is 15.2. The van der Waals surface area contributed by atoms with Crippen LogP contribution in [0.15, 0.2) is 36.9 Å². The first-order valence-corrected chi connectivity index (χ1v) is 8.96. The fraction of sp³-hybridized carbons (Fsp3) is 0.333. The third-order valence-corrected chi connectivity index (χ3v) is 5.31. The van der Waals surface area contributed by atoms with E-state index in [0.29, 0.717) is 11.8 Å². The topological polar surface area (TPSA) is 56.0 Å². The lowest BCUT2D eigenvalue weighted by molar-refractivity contribution is 0.752. The Morgan fingerprint density at radius 1 is 1.17 bits per heavy atom. The van der Waals surface area contributed by atoms with Gasteiger partial charge in [0.1, 0.15) is 6.33 Å². The molecule has 24 heavy (non-hydrogen) atoms. The van der Waals surface area contributed by atoms with Gasteiger partial charge in [-0.1, -0.05) is 20.8 Å². The maximum absolute atomic E-state index is 4.82. The van der Waals surface area contributed by atoms with Crippen molar-refractivity contribution in [2.45, 2.75) is 39.0 Å². The van der Waals surface area contributed by atoms with Gasteiger partial charge in [0.25, 0.3) is 0 Å². The third kappa shape index (κ3) is 2.78. The highest BCUT2D eigenvalue weighted by Crippen LogP contribution is 2.28. The van der Waals surface area contributed by atoms with Crippen LogP contribution in [0.4, 0.5) is 0 Å². The average Bonchev–Trinajstić information content (AvgIpc) is 3.18. The van der Waals surface area contributed by atoms with Crippen molar-refractivity contribution >= 4 is 27.2 Å². The molecule has 4 aromatic rings. The predicted molar refractivity (Wildman–Crippen MR) is 96.6 cm³/mol. The van der Waals surface area contributed by atoms with E-state index in [9.17, 15) is 0 Å². The zero-order valence-corrected chi connectivity index (χ0v) is 14.8. The van der Waals surface area contributed by atoms with E-state index in [2.05, 4.69) is 54.0 Å². The number of hydrogen-bond donors (Lipinski definition) is 0. The summed E-state index contributed by atoms with van der Waals surface area (Å²) >= 11 is 1.74. The quantitative estimate of drug-likeness (QED) is 0.560. The SMILES string of the molecule is CC(C)c1cc2nc(CC(C)c3ccn4ncnc4c3)sc2cn1. The van der Waals surface area contributed by atoms with Crippen LogP contribution in [0.2, 0.25) is 0 Å². The monoisotopic (exact) mass is 337 g/mol. The maximum Gasteiger partial charge on any atom is 0.155 e. The van der Waals surface area contributed by atoms with Gasteiger partial charge in [-0.05, 0) is 35.6 Å². The van der Waals surface area contributed by atoms with Crippen molar-refractivity contribution < 1.29 is 0 Å². The van der Waals surface area contributed by atoms with Gasteiger partial charge in [0.2, 0.25) is 0 Å². The number of thiazole rings is 1. The Hall–Kier alpha value is -2.34. The molecule has 5 nitrogen and oxygen atoms in total. The highest BCUT2D eigenvalue weighted by atomic mass is 32.1. The van der Waals surface area contributed by atoms with E-state index in [1.807, 2.05) is 12.4 Å². The number of nitrogens with zero attached hydrogens (tertiary/aromatic N) is 5. The number of fused-ring (bicyclic) bond motifs is 2. The van der Waals surface area contributed by atoms with Crippen LogP contribution < -0.4 is 0 Å². The van der Waals surface area contributed by atoms with Crippen LogP contribution in [-0.4, -0.2) is 24.6 Å². The lowest BCUT2D eigenvalue weighted by Gasteiger charge is -2.09.